The number of hydrogen-bond donors (Lipinski definition) is 2. The van der Waals surface area contributed by atoms with Gasteiger partial charge in [-0.3, -0.25) is 9.35 Å². The van der Waals surface area contributed by atoms with E-state index < -0.39 is 20.8 Å². The molecule has 0 aliphatic rings. The van der Waals surface area contributed by atoms with E-state index in [1.54, 1.807) is 13.8 Å². The molecular formula is C15H15NaO5S. The molecule has 5 nitrogen and oxygen atoms in total. The molecule has 112 valence electrons. The summed E-state index contributed by atoms with van der Waals surface area (Å²) in [6, 6.07) is 8.39. The third-order valence-corrected chi connectivity index (χ3v) is 4.11. The van der Waals surface area contributed by atoms with Crippen LogP contribution in [-0.2, 0) is 10.1 Å². The number of aryl methyl sites for hydroxylation is 2. The molecule has 0 heterocycles. The van der Waals surface area contributed by atoms with Crippen LogP contribution in [0.5, 0.6) is 5.75 Å². The number of phenols is 1. The predicted octanol–water partition coefficient (Wildman–Crippen LogP) is 1.84. The van der Waals surface area contributed by atoms with Gasteiger partial charge in [0.2, 0.25) is 0 Å². The number of benzene rings is 2. The zero-order chi connectivity index (χ0) is 15.8. The summed E-state index contributed by atoms with van der Waals surface area (Å²) in [5.74, 6) is -0.462. The van der Waals surface area contributed by atoms with Crippen LogP contribution in [0.25, 0.3) is 0 Å². The fraction of sp³-hybridized carbons (Fsp3) is 0.133. The van der Waals surface area contributed by atoms with Crippen molar-refractivity contribution in [2.75, 3.05) is 0 Å². The average molecular weight is 330 g/mol. The van der Waals surface area contributed by atoms with Crippen LogP contribution in [0.2, 0.25) is 0 Å². The zero-order valence-electron chi connectivity index (χ0n) is 11.5. The second-order valence-electron chi connectivity index (χ2n) is 4.75. The van der Waals surface area contributed by atoms with Gasteiger partial charge in [0.15, 0.2) is 5.78 Å². The normalized spacial score (nSPS) is 10.9. The van der Waals surface area contributed by atoms with Gasteiger partial charge in [0.1, 0.15) is 10.6 Å². The number of ketones is 1. The number of hydrogen-bond acceptors (Lipinski definition) is 4. The summed E-state index contributed by atoms with van der Waals surface area (Å²) in [5.41, 5.74) is 1.20. The molecule has 0 radical (unpaired) electrons. The summed E-state index contributed by atoms with van der Waals surface area (Å²) in [4.78, 5) is 12.1. The van der Waals surface area contributed by atoms with E-state index in [-0.39, 0.29) is 46.4 Å². The summed E-state index contributed by atoms with van der Waals surface area (Å²) >= 11 is 0. The van der Waals surface area contributed by atoms with Gasteiger partial charge in [-0.15, -0.1) is 0 Å². The molecule has 0 aliphatic carbocycles. The third-order valence-electron chi connectivity index (χ3n) is 3.20. The van der Waals surface area contributed by atoms with Crippen molar-refractivity contribution in [3.8, 4) is 5.75 Å². The molecule has 0 aromatic heterocycles. The SMILES string of the molecule is Cc1cc(C(=O)c2ccccc2S(=O)(=O)O)c(C)cc1O.[NaH]. The van der Waals surface area contributed by atoms with Crippen molar-refractivity contribution in [3.63, 3.8) is 0 Å². The van der Waals surface area contributed by atoms with Gasteiger partial charge in [-0.05, 0) is 49.2 Å². The summed E-state index contributed by atoms with van der Waals surface area (Å²) < 4.78 is 31.9. The Kier molecular flexibility index (Phi) is 5.95. The van der Waals surface area contributed by atoms with E-state index in [0.717, 1.165) is 0 Å². The van der Waals surface area contributed by atoms with Crippen molar-refractivity contribution in [3.05, 3.63) is 58.7 Å². The molecule has 0 saturated carbocycles. The van der Waals surface area contributed by atoms with Crippen LogP contribution in [0.15, 0.2) is 41.3 Å². The van der Waals surface area contributed by atoms with E-state index in [2.05, 4.69) is 0 Å². The van der Waals surface area contributed by atoms with Crippen LogP contribution in [0, 0.1) is 13.8 Å². The summed E-state index contributed by atoms with van der Waals surface area (Å²) in [6.07, 6.45) is 0. The van der Waals surface area contributed by atoms with Gasteiger partial charge < -0.3 is 5.11 Å². The van der Waals surface area contributed by atoms with Crippen LogP contribution in [-0.4, -0.2) is 53.4 Å². The standard InChI is InChI=1S/C15H14O5S.Na.H/c1-9-8-13(16)10(2)7-12(9)15(17)11-5-3-4-6-14(11)21(18,19)20;;/h3-8,16H,1-2H3,(H,18,19,20);;. The first kappa shape index (κ1) is 18.9. The van der Waals surface area contributed by atoms with Crippen molar-refractivity contribution in [1.82, 2.24) is 0 Å². The van der Waals surface area contributed by atoms with Crippen molar-refractivity contribution < 1.29 is 22.9 Å². The molecule has 2 N–H and O–H groups in total. The molecule has 0 amide bonds. The van der Waals surface area contributed by atoms with E-state index in [1.165, 1.54) is 36.4 Å². The predicted molar refractivity (Wildman–Crippen MR) is 84.4 cm³/mol. The molecule has 0 saturated heterocycles. The van der Waals surface area contributed by atoms with Crippen LogP contribution in [0.4, 0.5) is 0 Å². The Morgan fingerprint density at radius 1 is 1.00 bits per heavy atom. The Morgan fingerprint density at radius 2 is 1.59 bits per heavy atom. The summed E-state index contributed by atoms with van der Waals surface area (Å²) in [6.45, 7) is 3.28. The van der Waals surface area contributed by atoms with Gasteiger partial charge in [0.05, 0.1) is 0 Å². The van der Waals surface area contributed by atoms with Crippen LogP contribution < -0.4 is 0 Å². The van der Waals surface area contributed by atoms with Gasteiger partial charge in [0.25, 0.3) is 10.1 Å². The molecule has 0 atom stereocenters. The number of rotatable bonds is 3. The molecule has 0 unspecified atom stereocenters. The van der Waals surface area contributed by atoms with Gasteiger partial charge >= 0.3 is 29.6 Å². The molecule has 0 spiro atoms. The molecule has 0 aliphatic heterocycles. The summed E-state index contributed by atoms with van der Waals surface area (Å²) in [5, 5.41) is 9.61. The maximum atomic E-state index is 12.5. The van der Waals surface area contributed by atoms with E-state index in [4.69, 9.17) is 0 Å². The second kappa shape index (κ2) is 6.93. The first-order chi connectivity index (χ1) is 9.71. The minimum absolute atomic E-state index is 0. The number of carbonyl (C=O) groups excluding carboxylic acids is 1. The molecule has 22 heavy (non-hydrogen) atoms. The molecule has 2 aromatic carbocycles. The zero-order valence-corrected chi connectivity index (χ0v) is 12.3. The molecule has 0 fully saturated rings. The molecule has 2 rings (SSSR count). The van der Waals surface area contributed by atoms with Gasteiger partial charge in [-0.25, -0.2) is 0 Å². The van der Waals surface area contributed by atoms with E-state index in [1.807, 2.05) is 0 Å². The molecular weight excluding hydrogens is 315 g/mol. The number of aromatic hydroxyl groups is 1. The quantitative estimate of drug-likeness (QED) is 0.509. The van der Waals surface area contributed by atoms with Gasteiger partial charge in [-0.2, -0.15) is 8.42 Å². The third kappa shape index (κ3) is 3.77. The fourth-order valence-electron chi connectivity index (χ4n) is 2.07. The Morgan fingerprint density at radius 3 is 2.18 bits per heavy atom. The second-order valence-corrected chi connectivity index (χ2v) is 6.14. The molecule has 2 aromatic rings. The van der Waals surface area contributed by atoms with Crippen molar-refractivity contribution in [1.29, 1.82) is 0 Å². The molecule has 7 heteroatoms. The fourth-order valence-corrected chi connectivity index (χ4v) is 2.76. The molecule has 0 bridgehead atoms. The van der Waals surface area contributed by atoms with E-state index >= 15 is 0 Å². The van der Waals surface area contributed by atoms with Crippen molar-refractivity contribution in [2.24, 2.45) is 0 Å². The van der Waals surface area contributed by atoms with E-state index in [0.29, 0.717) is 11.1 Å². The Labute approximate surface area is 151 Å². The Bertz CT molecular complexity index is 828. The van der Waals surface area contributed by atoms with Crippen LogP contribution >= 0.6 is 0 Å². The Balaban J connectivity index is 0.00000242. The maximum absolute atomic E-state index is 12.5. The van der Waals surface area contributed by atoms with Crippen LogP contribution in [0.3, 0.4) is 0 Å². The van der Waals surface area contributed by atoms with Gasteiger partial charge in [-0.1, -0.05) is 12.1 Å². The summed E-state index contributed by atoms with van der Waals surface area (Å²) in [7, 11) is -4.49. The van der Waals surface area contributed by atoms with Crippen LogP contribution in [0.1, 0.15) is 27.0 Å². The first-order valence-electron chi connectivity index (χ1n) is 6.13. The average Bonchev–Trinajstić information content (AvgIpc) is 2.41. The number of carbonyl (C=O) groups is 1. The minimum atomic E-state index is -4.49. The monoisotopic (exact) mass is 330 g/mol. The van der Waals surface area contributed by atoms with Gasteiger partial charge in [0, 0.05) is 11.1 Å². The number of phenolic OH excluding ortho intramolecular Hbond substituents is 1. The first-order valence-corrected chi connectivity index (χ1v) is 7.57. The van der Waals surface area contributed by atoms with E-state index in [9.17, 15) is 22.9 Å². The van der Waals surface area contributed by atoms with Crippen molar-refractivity contribution >= 4 is 45.5 Å². The topological polar surface area (TPSA) is 91.7 Å². The Hall–Kier alpha value is -1.18. The van der Waals surface area contributed by atoms with Crippen molar-refractivity contribution in [2.45, 2.75) is 18.7 Å².